The van der Waals surface area contributed by atoms with E-state index < -0.39 is 0 Å². The molecule has 0 radical (unpaired) electrons. The molecule has 4 heteroatoms. The predicted octanol–water partition coefficient (Wildman–Crippen LogP) is 1.95. The molecule has 0 amide bonds. The zero-order valence-corrected chi connectivity index (χ0v) is 11.9. The SMILES string of the molecule is Cc1cccc2c(C(=O)CCN3CCNCC3)c[nH]c12. The molecule has 2 aromatic rings. The van der Waals surface area contributed by atoms with Crippen LogP contribution in [0.25, 0.3) is 10.9 Å². The molecule has 1 fully saturated rings. The molecule has 1 aromatic carbocycles. The molecule has 2 N–H and O–H groups in total. The van der Waals surface area contributed by atoms with Crippen LogP contribution in [0.5, 0.6) is 0 Å². The van der Waals surface area contributed by atoms with Crippen molar-refractivity contribution in [1.29, 1.82) is 0 Å². The molecule has 2 heterocycles. The number of para-hydroxylation sites is 1. The molecular formula is C16H21N3O. The average Bonchev–Trinajstić information content (AvgIpc) is 2.91. The van der Waals surface area contributed by atoms with Gasteiger partial charge in [0, 0.05) is 61.8 Å². The first-order chi connectivity index (χ1) is 9.75. The topological polar surface area (TPSA) is 48.1 Å². The highest BCUT2D eigenvalue weighted by atomic mass is 16.1. The lowest BCUT2D eigenvalue weighted by Gasteiger charge is -2.26. The molecule has 1 saturated heterocycles. The minimum atomic E-state index is 0.236. The number of nitrogens with one attached hydrogen (secondary N) is 2. The number of fused-ring (bicyclic) bond motifs is 1. The Labute approximate surface area is 119 Å². The van der Waals surface area contributed by atoms with Crippen molar-refractivity contribution in [3.63, 3.8) is 0 Å². The van der Waals surface area contributed by atoms with Crippen LogP contribution in [0.3, 0.4) is 0 Å². The average molecular weight is 271 g/mol. The largest absolute Gasteiger partial charge is 0.360 e. The van der Waals surface area contributed by atoms with E-state index in [1.807, 2.05) is 18.3 Å². The zero-order valence-electron chi connectivity index (χ0n) is 11.9. The molecule has 20 heavy (non-hydrogen) atoms. The molecule has 4 nitrogen and oxygen atoms in total. The van der Waals surface area contributed by atoms with Gasteiger partial charge in [0.25, 0.3) is 0 Å². The van der Waals surface area contributed by atoms with Crippen LogP contribution in [0.2, 0.25) is 0 Å². The summed E-state index contributed by atoms with van der Waals surface area (Å²) in [5.74, 6) is 0.236. The quantitative estimate of drug-likeness (QED) is 0.836. The Hall–Kier alpha value is -1.65. The van der Waals surface area contributed by atoms with Gasteiger partial charge >= 0.3 is 0 Å². The van der Waals surface area contributed by atoms with Crippen molar-refractivity contribution in [2.24, 2.45) is 0 Å². The van der Waals surface area contributed by atoms with Crippen LogP contribution < -0.4 is 5.32 Å². The van der Waals surface area contributed by atoms with Gasteiger partial charge in [0.2, 0.25) is 0 Å². The number of carbonyl (C=O) groups excluding carboxylic acids is 1. The molecule has 0 unspecified atom stereocenters. The molecule has 0 bridgehead atoms. The number of benzene rings is 1. The maximum Gasteiger partial charge on any atom is 0.166 e. The first-order valence-corrected chi connectivity index (χ1v) is 7.28. The van der Waals surface area contributed by atoms with Crippen molar-refractivity contribution in [2.45, 2.75) is 13.3 Å². The first-order valence-electron chi connectivity index (χ1n) is 7.28. The van der Waals surface area contributed by atoms with Crippen LogP contribution in [0, 0.1) is 6.92 Å². The number of piperazine rings is 1. The second-order valence-electron chi connectivity index (χ2n) is 5.46. The van der Waals surface area contributed by atoms with E-state index in [1.165, 1.54) is 5.56 Å². The van der Waals surface area contributed by atoms with E-state index in [1.54, 1.807) is 0 Å². The summed E-state index contributed by atoms with van der Waals surface area (Å²) >= 11 is 0. The van der Waals surface area contributed by atoms with Crippen molar-refractivity contribution >= 4 is 16.7 Å². The predicted molar refractivity (Wildman–Crippen MR) is 81.3 cm³/mol. The first kappa shape index (κ1) is 13.3. The van der Waals surface area contributed by atoms with Gasteiger partial charge in [-0.2, -0.15) is 0 Å². The van der Waals surface area contributed by atoms with Crippen molar-refractivity contribution < 1.29 is 4.79 Å². The Morgan fingerprint density at radius 1 is 1.30 bits per heavy atom. The monoisotopic (exact) mass is 271 g/mol. The van der Waals surface area contributed by atoms with Gasteiger partial charge in [0.1, 0.15) is 0 Å². The Balaban J connectivity index is 1.71. The molecule has 0 atom stereocenters. The summed E-state index contributed by atoms with van der Waals surface area (Å²) in [7, 11) is 0. The van der Waals surface area contributed by atoms with E-state index in [2.05, 4.69) is 28.2 Å². The molecule has 0 saturated carbocycles. The molecule has 1 aliphatic rings. The number of hydrogen-bond acceptors (Lipinski definition) is 3. The number of aryl methyl sites for hydroxylation is 1. The summed E-state index contributed by atoms with van der Waals surface area (Å²) in [6, 6.07) is 6.10. The maximum absolute atomic E-state index is 12.4. The van der Waals surface area contributed by atoms with Gasteiger partial charge in [0.15, 0.2) is 5.78 Å². The second kappa shape index (κ2) is 5.77. The molecule has 3 rings (SSSR count). The lowest BCUT2D eigenvalue weighted by atomic mass is 10.0. The van der Waals surface area contributed by atoms with E-state index in [4.69, 9.17) is 0 Å². The fraction of sp³-hybridized carbons (Fsp3) is 0.438. The van der Waals surface area contributed by atoms with Gasteiger partial charge < -0.3 is 15.2 Å². The number of aromatic nitrogens is 1. The van der Waals surface area contributed by atoms with Gasteiger partial charge in [-0.1, -0.05) is 18.2 Å². The molecular weight excluding hydrogens is 250 g/mol. The number of H-pyrrole nitrogens is 1. The van der Waals surface area contributed by atoms with E-state index in [0.717, 1.165) is 49.2 Å². The smallest absolute Gasteiger partial charge is 0.166 e. The fourth-order valence-corrected chi connectivity index (χ4v) is 2.87. The van der Waals surface area contributed by atoms with E-state index in [9.17, 15) is 4.79 Å². The van der Waals surface area contributed by atoms with Gasteiger partial charge in [-0.3, -0.25) is 4.79 Å². The third-order valence-electron chi connectivity index (χ3n) is 4.09. The molecule has 0 aliphatic carbocycles. The van der Waals surface area contributed by atoms with Crippen LogP contribution in [-0.4, -0.2) is 48.4 Å². The minimum absolute atomic E-state index is 0.236. The number of nitrogens with zero attached hydrogens (tertiary/aromatic N) is 1. The Kier molecular flexibility index (Phi) is 3.85. The summed E-state index contributed by atoms with van der Waals surface area (Å²) < 4.78 is 0. The normalized spacial score (nSPS) is 16.6. The van der Waals surface area contributed by atoms with Crippen molar-refractivity contribution in [1.82, 2.24) is 15.2 Å². The fourth-order valence-electron chi connectivity index (χ4n) is 2.87. The van der Waals surface area contributed by atoms with Gasteiger partial charge in [-0.05, 0) is 12.5 Å². The summed E-state index contributed by atoms with van der Waals surface area (Å²) in [6.45, 7) is 7.06. The van der Waals surface area contributed by atoms with Crippen molar-refractivity contribution in [3.8, 4) is 0 Å². The Morgan fingerprint density at radius 2 is 2.10 bits per heavy atom. The van der Waals surface area contributed by atoms with Crippen molar-refractivity contribution in [3.05, 3.63) is 35.5 Å². The van der Waals surface area contributed by atoms with Gasteiger partial charge in [0.05, 0.1) is 0 Å². The number of aromatic amines is 1. The third-order valence-corrected chi connectivity index (χ3v) is 4.09. The number of Topliss-reactive ketones (excluding diaryl/α,β-unsaturated/α-hetero) is 1. The number of hydrogen-bond donors (Lipinski definition) is 2. The van der Waals surface area contributed by atoms with Crippen LogP contribution in [-0.2, 0) is 0 Å². The number of carbonyl (C=O) groups is 1. The standard InChI is InChI=1S/C16H21N3O/c1-12-3-2-4-13-14(11-18-16(12)13)15(20)5-8-19-9-6-17-7-10-19/h2-4,11,17-18H,5-10H2,1H3. The Bertz CT molecular complexity index is 611. The highest BCUT2D eigenvalue weighted by molar-refractivity contribution is 6.08. The number of ketones is 1. The summed E-state index contributed by atoms with van der Waals surface area (Å²) in [6.07, 6.45) is 2.46. The summed E-state index contributed by atoms with van der Waals surface area (Å²) in [5.41, 5.74) is 3.10. The van der Waals surface area contributed by atoms with E-state index in [0.29, 0.717) is 6.42 Å². The van der Waals surface area contributed by atoms with Crippen LogP contribution in [0.15, 0.2) is 24.4 Å². The number of rotatable bonds is 4. The molecule has 106 valence electrons. The highest BCUT2D eigenvalue weighted by Gasteiger charge is 2.15. The Morgan fingerprint density at radius 3 is 2.90 bits per heavy atom. The minimum Gasteiger partial charge on any atom is -0.360 e. The molecule has 1 aliphatic heterocycles. The van der Waals surface area contributed by atoms with Crippen LogP contribution in [0.1, 0.15) is 22.3 Å². The summed E-state index contributed by atoms with van der Waals surface area (Å²) in [4.78, 5) is 18.0. The molecule has 1 aromatic heterocycles. The van der Waals surface area contributed by atoms with E-state index in [-0.39, 0.29) is 5.78 Å². The summed E-state index contributed by atoms with van der Waals surface area (Å²) in [5, 5.41) is 4.38. The van der Waals surface area contributed by atoms with Gasteiger partial charge in [-0.25, -0.2) is 0 Å². The maximum atomic E-state index is 12.4. The lowest BCUT2D eigenvalue weighted by molar-refractivity contribution is 0.0962. The third kappa shape index (κ3) is 2.62. The van der Waals surface area contributed by atoms with Crippen molar-refractivity contribution in [2.75, 3.05) is 32.7 Å². The van der Waals surface area contributed by atoms with Crippen LogP contribution >= 0.6 is 0 Å². The molecule has 0 spiro atoms. The second-order valence-corrected chi connectivity index (χ2v) is 5.46. The highest BCUT2D eigenvalue weighted by Crippen LogP contribution is 2.22. The lowest BCUT2D eigenvalue weighted by Crippen LogP contribution is -2.44. The zero-order chi connectivity index (χ0) is 13.9. The van der Waals surface area contributed by atoms with E-state index >= 15 is 0 Å². The van der Waals surface area contributed by atoms with Gasteiger partial charge in [-0.15, -0.1) is 0 Å². The van der Waals surface area contributed by atoms with Crippen LogP contribution in [0.4, 0.5) is 0 Å².